The molecule has 0 amide bonds. The molecule has 6 heteroatoms. The summed E-state index contributed by atoms with van der Waals surface area (Å²) in [4.78, 5) is 1.41. The number of likely N-dealkylation sites (N-methyl/N-ethyl adjacent to an activating group) is 1. The van der Waals surface area contributed by atoms with Gasteiger partial charge in [-0.1, -0.05) is 6.07 Å². The molecule has 22 heavy (non-hydrogen) atoms. The number of aliphatic hydroxyl groups is 1. The highest BCUT2D eigenvalue weighted by Gasteiger charge is 2.08. The number of benzene rings is 1. The molecule has 4 N–H and O–H groups in total. The van der Waals surface area contributed by atoms with E-state index >= 15 is 0 Å². The van der Waals surface area contributed by atoms with Crippen LogP contribution in [-0.4, -0.2) is 65.8 Å². The highest BCUT2D eigenvalue weighted by Crippen LogP contribution is 2.27. The van der Waals surface area contributed by atoms with E-state index in [1.165, 1.54) is 4.90 Å². The number of nitrogens with one attached hydrogen (secondary N) is 1. The highest BCUT2D eigenvalue weighted by atomic mass is 16.5. The second-order valence-corrected chi connectivity index (χ2v) is 5.63. The molecule has 0 aliphatic rings. The highest BCUT2D eigenvalue weighted by molar-refractivity contribution is 5.42. The van der Waals surface area contributed by atoms with Crippen molar-refractivity contribution >= 4 is 0 Å². The zero-order valence-corrected chi connectivity index (χ0v) is 14.1. The van der Waals surface area contributed by atoms with Crippen LogP contribution >= 0.6 is 0 Å². The predicted octanol–water partition coefficient (Wildman–Crippen LogP) is -1.71. The number of quaternary nitrogens is 2. The average molecular weight is 314 g/mol. The second kappa shape index (κ2) is 10.4. The number of ether oxygens (including phenoxy) is 3. The molecule has 0 spiro atoms. The third-order valence-corrected chi connectivity index (χ3v) is 3.31. The minimum atomic E-state index is -0.447. The zero-order valence-electron chi connectivity index (χ0n) is 14.1. The largest absolute Gasteiger partial charge is 0.493 e. The van der Waals surface area contributed by atoms with E-state index in [1.807, 2.05) is 18.2 Å². The predicted molar refractivity (Wildman–Crippen MR) is 84.5 cm³/mol. The van der Waals surface area contributed by atoms with Gasteiger partial charge >= 0.3 is 0 Å². The van der Waals surface area contributed by atoms with Crippen molar-refractivity contribution in [1.82, 2.24) is 0 Å². The SMILES string of the molecule is COc1ccc(COC[C@@H](O)C[NH2+]CC[NH+](C)C)cc1OC. The quantitative estimate of drug-likeness (QED) is 0.426. The van der Waals surface area contributed by atoms with Gasteiger partial charge in [-0.05, 0) is 17.7 Å². The molecule has 0 bridgehead atoms. The zero-order chi connectivity index (χ0) is 16.4. The van der Waals surface area contributed by atoms with Gasteiger partial charge < -0.3 is 29.5 Å². The van der Waals surface area contributed by atoms with Crippen molar-refractivity contribution in [3.8, 4) is 11.5 Å². The van der Waals surface area contributed by atoms with Crippen molar-refractivity contribution in [3.63, 3.8) is 0 Å². The van der Waals surface area contributed by atoms with Crippen LogP contribution in [0.4, 0.5) is 0 Å². The van der Waals surface area contributed by atoms with Crippen LogP contribution in [0.1, 0.15) is 5.56 Å². The second-order valence-electron chi connectivity index (χ2n) is 5.63. The maximum atomic E-state index is 9.87. The van der Waals surface area contributed by atoms with E-state index in [4.69, 9.17) is 14.2 Å². The Balaban J connectivity index is 2.26. The van der Waals surface area contributed by atoms with Gasteiger partial charge in [-0.25, -0.2) is 0 Å². The third kappa shape index (κ3) is 7.09. The fourth-order valence-electron chi connectivity index (χ4n) is 2.05. The van der Waals surface area contributed by atoms with Crippen molar-refractivity contribution < 1.29 is 29.5 Å². The lowest BCUT2D eigenvalue weighted by Crippen LogP contribution is -3.09. The van der Waals surface area contributed by atoms with Crippen LogP contribution in [0.3, 0.4) is 0 Å². The molecule has 0 saturated heterocycles. The molecule has 0 fully saturated rings. The summed E-state index contributed by atoms with van der Waals surface area (Å²) in [5.41, 5.74) is 0.991. The molecule has 0 heterocycles. The van der Waals surface area contributed by atoms with Crippen molar-refractivity contribution in [2.45, 2.75) is 12.7 Å². The molecule has 0 radical (unpaired) electrons. The molecule has 1 aromatic rings. The first-order chi connectivity index (χ1) is 10.6. The Hall–Kier alpha value is -1.34. The summed E-state index contributed by atoms with van der Waals surface area (Å²) >= 11 is 0. The minimum Gasteiger partial charge on any atom is -0.493 e. The summed E-state index contributed by atoms with van der Waals surface area (Å²) in [6, 6.07) is 5.67. The Morgan fingerprint density at radius 1 is 1.18 bits per heavy atom. The van der Waals surface area contributed by atoms with Crippen LogP contribution < -0.4 is 19.7 Å². The van der Waals surface area contributed by atoms with E-state index in [2.05, 4.69) is 19.4 Å². The standard InChI is InChI=1S/C16H28N2O4/c1-18(2)8-7-17-10-14(19)12-22-11-13-5-6-15(20-3)16(9-13)21-4/h5-6,9,14,17,19H,7-8,10-12H2,1-4H3/p+2/t14-/m0/s1. The van der Waals surface area contributed by atoms with E-state index in [1.54, 1.807) is 14.2 Å². The van der Waals surface area contributed by atoms with Crippen LogP contribution in [-0.2, 0) is 11.3 Å². The molecular weight excluding hydrogens is 284 g/mol. The van der Waals surface area contributed by atoms with E-state index in [0.717, 1.165) is 18.7 Å². The molecule has 1 atom stereocenters. The van der Waals surface area contributed by atoms with E-state index in [-0.39, 0.29) is 0 Å². The maximum absolute atomic E-state index is 9.87. The van der Waals surface area contributed by atoms with Crippen molar-refractivity contribution in [2.24, 2.45) is 0 Å². The summed E-state index contributed by atoms with van der Waals surface area (Å²) < 4.78 is 16.0. The minimum absolute atomic E-state index is 0.333. The summed E-state index contributed by atoms with van der Waals surface area (Å²) in [5.74, 6) is 1.38. The van der Waals surface area contributed by atoms with Gasteiger partial charge in [-0.15, -0.1) is 0 Å². The summed E-state index contributed by atoms with van der Waals surface area (Å²) in [6.07, 6.45) is -0.447. The van der Waals surface area contributed by atoms with Gasteiger partial charge in [0.05, 0.1) is 41.5 Å². The van der Waals surface area contributed by atoms with Crippen LogP contribution in [0, 0.1) is 0 Å². The normalized spacial score (nSPS) is 12.5. The molecule has 0 aromatic heterocycles. The Morgan fingerprint density at radius 2 is 1.91 bits per heavy atom. The number of hydrogen-bond acceptors (Lipinski definition) is 4. The molecule has 1 rings (SSSR count). The van der Waals surface area contributed by atoms with Gasteiger partial charge in [-0.2, -0.15) is 0 Å². The van der Waals surface area contributed by atoms with Crippen LogP contribution in [0.5, 0.6) is 11.5 Å². The van der Waals surface area contributed by atoms with Crippen molar-refractivity contribution in [1.29, 1.82) is 0 Å². The third-order valence-electron chi connectivity index (χ3n) is 3.31. The first kappa shape index (κ1) is 18.7. The molecule has 6 nitrogen and oxygen atoms in total. The number of rotatable bonds is 11. The Kier molecular flexibility index (Phi) is 8.84. The summed E-state index contributed by atoms with van der Waals surface area (Å²) in [7, 11) is 7.46. The van der Waals surface area contributed by atoms with Gasteiger partial charge in [0, 0.05) is 0 Å². The van der Waals surface area contributed by atoms with E-state index < -0.39 is 6.10 Å². The topological polar surface area (TPSA) is 69.0 Å². The molecule has 1 aromatic carbocycles. The first-order valence-corrected chi connectivity index (χ1v) is 7.64. The van der Waals surface area contributed by atoms with Crippen LogP contribution in [0.25, 0.3) is 0 Å². The van der Waals surface area contributed by atoms with Gasteiger partial charge in [0.2, 0.25) is 0 Å². The Morgan fingerprint density at radius 3 is 2.55 bits per heavy atom. The monoisotopic (exact) mass is 314 g/mol. The summed E-state index contributed by atoms with van der Waals surface area (Å²) in [5, 5.41) is 12.0. The summed E-state index contributed by atoms with van der Waals surface area (Å²) in [6.45, 7) is 3.53. The van der Waals surface area contributed by atoms with Crippen LogP contribution in [0.15, 0.2) is 18.2 Å². The lowest BCUT2D eigenvalue weighted by molar-refractivity contribution is -0.874. The fourth-order valence-corrected chi connectivity index (χ4v) is 2.05. The molecule has 0 aliphatic heterocycles. The molecule has 0 aliphatic carbocycles. The first-order valence-electron chi connectivity index (χ1n) is 7.64. The number of methoxy groups -OCH3 is 2. The molecule has 0 saturated carbocycles. The Bertz CT molecular complexity index is 427. The van der Waals surface area contributed by atoms with Crippen molar-refractivity contribution in [3.05, 3.63) is 23.8 Å². The smallest absolute Gasteiger partial charge is 0.161 e. The van der Waals surface area contributed by atoms with Gasteiger partial charge in [-0.3, -0.25) is 0 Å². The van der Waals surface area contributed by atoms with Gasteiger partial charge in [0.15, 0.2) is 11.5 Å². The lowest BCUT2D eigenvalue weighted by atomic mass is 10.2. The number of aliphatic hydroxyl groups excluding tert-OH is 1. The van der Waals surface area contributed by atoms with Gasteiger partial charge in [0.25, 0.3) is 0 Å². The number of hydrogen-bond donors (Lipinski definition) is 3. The van der Waals surface area contributed by atoms with Crippen LogP contribution in [0.2, 0.25) is 0 Å². The molecule has 126 valence electrons. The Labute approximate surface area is 133 Å². The molecular formula is C16H30N2O4+2. The van der Waals surface area contributed by atoms with Crippen molar-refractivity contribution in [2.75, 3.05) is 54.6 Å². The van der Waals surface area contributed by atoms with E-state index in [9.17, 15) is 5.11 Å². The lowest BCUT2D eigenvalue weighted by Gasteiger charge is -2.12. The number of nitrogens with two attached hydrogens (primary N) is 1. The fraction of sp³-hybridized carbons (Fsp3) is 0.625. The van der Waals surface area contributed by atoms with E-state index in [0.29, 0.717) is 31.3 Å². The molecule has 0 unspecified atom stereocenters. The maximum Gasteiger partial charge on any atom is 0.161 e. The average Bonchev–Trinajstić information content (AvgIpc) is 2.51. The van der Waals surface area contributed by atoms with Gasteiger partial charge in [0.1, 0.15) is 25.7 Å².